The monoisotopic (exact) mass is 288 g/mol. The second-order valence-corrected chi connectivity index (χ2v) is 5.35. The van der Waals surface area contributed by atoms with Crippen molar-refractivity contribution in [3.63, 3.8) is 0 Å². The van der Waals surface area contributed by atoms with Gasteiger partial charge in [0.15, 0.2) is 0 Å². The number of likely N-dealkylation sites (tertiary alicyclic amines) is 1. The normalized spacial score (nSPS) is 19.0. The van der Waals surface area contributed by atoms with Crippen LogP contribution in [0.15, 0.2) is 30.3 Å². The van der Waals surface area contributed by atoms with Crippen LogP contribution >= 0.6 is 0 Å². The highest BCUT2D eigenvalue weighted by Crippen LogP contribution is 2.18. The van der Waals surface area contributed by atoms with Crippen LogP contribution in [0, 0.1) is 0 Å². The molecule has 4 nitrogen and oxygen atoms in total. The van der Waals surface area contributed by atoms with Crippen LogP contribution in [-0.2, 0) is 4.79 Å². The Morgan fingerprint density at radius 3 is 2.81 bits per heavy atom. The predicted molar refractivity (Wildman–Crippen MR) is 85.3 cm³/mol. The van der Waals surface area contributed by atoms with Crippen molar-refractivity contribution in [3.8, 4) is 5.75 Å². The molecule has 2 rings (SSSR count). The summed E-state index contributed by atoms with van der Waals surface area (Å²) in [5.74, 6) is 0.925. The van der Waals surface area contributed by atoms with Crippen LogP contribution in [0.5, 0.6) is 5.75 Å². The number of rotatable bonds is 5. The van der Waals surface area contributed by atoms with Crippen molar-refractivity contribution in [3.05, 3.63) is 35.9 Å². The van der Waals surface area contributed by atoms with Gasteiger partial charge in [-0.1, -0.05) is 12.1 Å². The Labute approximate surface area is 126 Å². The van der Waals surface area contributed by atoms with Gasteiger partial charge >= 0.3 is 0 Å². The molecule has 0 spiro atoms. The van der Waals surface area contributed by atoms with Crippen molar-refractivity contribution in [1.82, 2.24) is 10.2 Å². The van der Waals surface area contributed by atoms with Crippen molar-refractivity contribution >= 4 is 12.0 Å². The van der Waals surface area contributed by atoms with Crippen LogP contribution in [0.2, 0.25) is 0 Å². The smallest absolute Gasteiger partial charge is 0.246 e. The number of benzene rings is 1. The fraction of sp³-hybridized carbons (Fsp3) is 0.471. The first-order valence-electron chi connectivity index (χ1n) is 7.52. The van der Waals surface area contributed by atoms with E-state index in [1.165, 1.54) is 6.42 Å². The largest absolute Gasteiger partial charge is 0.497 e. The van der Waals surface area contributed by atoms with Crippen LogP contribution in [0.25, 0.3) is 6.08 Å². The molecular formula is C17H24N2O2. The van der Waals surface area contributed by atoms with Crippen molar-refractivity contribution < 1.29 is 9.53 Å². The molecule has 1 aliphatic rings. The van der Waals surface area contributed by atoms with E-state index >= 15 is 0 Å². The number of carbonyl (C=O) groups is 1. The summed E-state index contributed by atoms with van der Waals surface area (Å²) >= 11 is 0. The van der Waals surface area contributed by atoms with Crippen LogP contribution in [0.3, 0.4) is 0 Å². The highest BCUT2D eigenvalue weighted by atomic mass is 16.5. The van der Waals surface area contributed by atoms with Crippen molar-refractivity contribution in [2.75, 3.05) is 27.2 Å². The minimum atomic E-state index is 0.103. The van der Waals surface area contributed by atoms with Gasteiger partial charge in [-0.3, -0.25) is 4.79 Å². The SMILES string of the molecule is CNCC1CCCCN1C(=O)C=Cc1ccc(OC)cc1. The average Bonchev–Trinajstić information content (AvgIpc) is 2.54. The third-order valence-corrected chi connectivity index (χ3v) is 3.88. The first-order valence-corrected chi connectivity index (χ1v) is 7.52. The molecule has 1 N–H and O–H groups in total. The second kappa shape index (κ2) is 7.84. The molecule has 1 heterocycles. The van der Waals surface area contributed by atoms with Crippen LogP contribution in [-0.4, -0.2) is 44.1 Å². The van der Waals surface area contributed by atoms with E-state index in [1.807, 2.05) is 42.3 Å². The van der Waals surface area contributed by atoms with E-state index in [9.17, 15) is 4.79 Å². The standard InChI is InChI=1S/C17H24N2O2/c1-18-13-15-5-3-4-12-19(15)17(20)11-8-14-6-9-16(21-2)10-7-14/h6-11,15,18H,3-5,12-13H2,1-2H3. The molecule has 1 aliphatic heterocycles. The van der Waals surface area contributed by atoms with Gasteiger partial charge < -0.3 is 15.0 Å². The number of methoxy groups -OCH3 is 1. The molecule has 1 aromatic rings. The zero-order chi connectivity index (χ0) is 15.1. The molecule has 1 atom stereocenters. The fourth-order valence-electron chi connectivity index (χ4n) is 2.72. The maximum atomic E-state index is 12.4. The minimum Gasteiger partial charge on any atom is -0.497 e. The number of piperidine rings is 1. The highest BCUT2D eigenvalue weighted by Gasteiger charge is 2.24. The van der Waals surface area contributed by atoms with Gasteiger partial charge in [0.1, 0.15) is 5.75 Å². The van der Waals surface area contributed by atoms with Crippen LogP contribution in [0.4, 0.5) is 0 Å². The van der Waals surface area contributed by atoms with Crippen LogP contribution in [0.1, 0.15) is 24.8 Å². The maximum absolute atomic E-state index is 12.4. The first kappa shape index (κ1) is 15.6. The van der Waals surface area contributed by atoms with Gasteiger partial charge in [0.25, 0.3) is 0 Å². The van der Waals surface area contributed by atoms with Gasteiger partial charge in [-0.15, -0.1) is 0 Å². The molecule has 0 bridgehead atoms. The Hall–Kier alpha value is -1.81. The van der Waals surface area contributed by atoms with Gasteiger partial charge in [0.2, 0.25) is 5.91 Å². The Bertz CT molecular complexity index is 480. The number of hydrogen-bond acceptors (Lipinski definition) is 3. The van der Waals surface area contributed by atoms with Gasteiger partial charge in [-0.2, -0.15) is 0 Å². The first-order chi connectivity index (χ1) is 10.2. The van der Waals surface area contributed by atoms with E-state index in [2.05, 4.69) is 5.32 Å². The van der Waals surface area contributed by atoms with Crippen molar-refractivity contribution in [2.45, 2.75) is 25.3 Å². The minimum absolute atomic E-state index is 0.103. The number of carbonyl (C=O) groups excluding carboxylic acids is 1. The summed E-state index contributed by atoms with van der Waals surface area (Å²) in [7, 11) is 3.58. The zero-order valence-electron chi connectivity index (χ0n) is 12.8. The molecule has 0 saturated carbocycles. The zero-order valence-corrected chi connectivity index (χ0v) is 12.8. The van der Waals surface area contributed by atoms with Gasteiger partial charge in [0, 0.05) is 25.2 Å². The predicted octanol–water partition coefficient (Wildman–Crippen LogP) is 2.31. The Morgan fingerprint density at radius 1 is 1.38 bits per heavy atom. The van der Waals surface area contributed by atoms with E-state index in [4.69, 9.17) is 4.74 Å². The van der Waals surface area contributed by atoms with E-state index in [1.54, 1.807) is 13.2 Å². The summed E-state index contributed by atoms with van der Waals surface area (Å²) in [4.78, 5) is 14.4. The lowest BCUT2D eigenvalue weighted by Crippen LogP contribution is -2.47. The Balaban J connectivity index is 1.99. The summed E-state index contributed by atoms with van der Waals surface area (Å²) < 4.78 is 5.12. The van der Waals surface area contributed by atoms with Gasteiger partial charge in [-0.05, 0) is 50.1 Å². The highest BCUT2D eigenvalue weighted by molar-refractivity contribution is 5.92. The second-order valence-electron chi connectivity index (χ2n) is 5.35. The third kappa shape index (κ3) is 4.33. The van der Waals surface area contributed by atoms with Crippen molar-refractivity contribution in [1.29, 1.82) is 0 Å². The number of nitrogens with one attached hydrogen (secondary N) is 1. The van der Waals surface area contributed by atoms with E-state index in [-0.39, 0.29) is 5.91 Å². The summed E-state index contributed by atoms with van der Waals surface area (Å²) in [6, 6.07) is 8.01. The topological polar surface area (TPSA) is 41.6 Å². The molecule has 21 heavy (non-hydrogen) atoms. The molecule has 0 radical (unpaired) electrons. The molecule has 1 fully saturated rings. The van der Waals surface area contributed by atoms with E-state index in [0.29, 0.717) is 6.04 Å². The summed E-state index contributed by atoms with van der Waals surface area (Å²) in [5, 5.41) is 3.18. The third-order valence-electron chi connectivity index (χ3n) is 3.88. The molecule has 1 aromatic carbocycles. The molecule has 1 saturated heterocycles. The molecule has 0 aliphatic carbocycles. The number of nitrogens with zero attached hydrogens (tertiary/aromatic N) is 1. The summed E-state index contributed by atoms with van der Waals surface area (Å²) in [5.41, 5.74) is 1.01. The van der Waals surface area contributed by atoms with Crippen molar-refractivity contribution in [2.24, 2.45) is 0 Å². The maximum Gasteiger partial charge on any atom is 0.246 e. The number of ether oxygens (including phenoxy) is 1. The number of hydrogen-bond donors (Lipinski definition) is 1. The lowest BCUT2D eigenvalue weighted by molar-refractivity contribution is -0.129. The van der Waals surface area contributed by atoms with E-state index in [0.717, 1.165) is 37.2 Å². The number of likely N-dealkylation sites (N-methyl/N-ethyl adjacent to an activating group) is 1. The molecule has 1 unspecified atom stereocenters. The molecule has 114 valence electrons. The van der Waals surface area contributed by atoms with Crippen LogP contribution < -0.4 is 10.1 Å². The molecule has 1 amide bonds. The summed E-state index contributed by atoms with van der Waals surface area (Å²) in [6.45, 7) is 1.72. The molecule has 0 aromatic heterocycles. The average molecular weight is 288 g/mol. The summed E-state index contributed by atoms with van der Waals surface area (Å²) in [6.07, 6.45) is 6.94. The Morgan fingerprint density at radius 2 is 2.14 bits per heavy atom. The number of amides is 1. The lowest BCUT2D eigenvalue weighted by Gasteiger charge is -2.35. The molecule has 4 heteroatoms. The van der Waals surface area contributed by atoms with Gasteiger partial charge in [-0.25, -0.2) is 0 Å². The fourth-order valence-corrected chi connectivity index (χ4v) is 2.72. The van der Waals surface area contributed by atoms with E-state index < -0.39 is 0 Å². The Kier molecular flexibility index (Phi) is 5.81. The quantitative estimate of drug-likeness (QED) is 0.845. The molecular weight excluding hydrogens is 264 g/mol. The lowest BCUT2D eigenvalue weighted by atomic mass is 10.0. The van der Waals surface area contributed by atoms with Gasteiger partial charge in [0.05, 0.1) is 7.11 Å².